The molecule has 0 aliphatic heterocycles. The first kappa shape index (κ1) is 85.5. The Morgan fingerprint density at radius 3 is 1.08 bits per heavy atom. The summed E-state index contributed by atoms with van der Waals surface area (Å²) >= 11 is 3.74. The summed E-state index contributed by atoms with van der Waals surface area (Å²) in [5.41, 5.74) is 47.2. The van der Waals surface area contributed by atoms with E-state index in [4.69, 9.17) is 0 Å². The highest BCUT2D eigenvalue weighted by Gasteiger charge is 2.53. The number of fused-ring (bicyclic) bond motifs is 30. The molecule has 0 N–H and O–H groups in total. The van der Waals surface area contributed by atoms with Crippen LogP contribution in [0.4, 0.5) is 34.1 Å². The Bertz CT molecular complexity index is 8610. The summed E-state index contributed by atoms with van der Waals surface area (Å²) in [6, 6.07) is 143. The van der Waals surface area contributed by atoms with Gasteiger partial charge in [0.15, 0.2) is 0 Å². The van der Waals surface area contributed by atoms with E-state index < -0.39 is 0 Å². The van der Waals surface area contributed by atoms with Crippen LogP contribution in [0.1, 0.15) is 178 Å². The van der Waals surface area contributed by atoms with E-state index in [0.717, 1.165) is 12.1 Å². The second kappa shape index (κ2) is 30.6. The number of benzene rings is 18. The van der Waals surface area contributed by atoms with Gasteiger partial charge in [0.1, 0.15) is 0 Å². The molecule has 21 aromatic rings. The molecule has 0 atom stereocenters. The number of aromatic nitrogens is 1. The zero-order valence-corrected chi connectivity index (χ0v) is 83.4. The van der Waals surface area contributed by atoms with Gasteiger partial charge in [-0.05, 0) is 311 Å². The average Bonchev–Trinajstić information content (AvgIpc) is 1.46. The SMILES string of the molecule is CC1(C)c2cc(-c3ccc(-n4c5ccccc5c5ccccc54)cc3)ccc2-c2ccc3c(c21)-c1ccccc1C(C)(C)C3(C)C.CC1(C)c2cc(N(c3ccccc3)c3ccc4sc5ccccc5c4c3)ccc2-c2ccc3c(c21)-c1ccccc1C(C)(C)C3(C)C.CC1(C)c2ccccc2-c2ccc3c(c2C1(C)C)Cc1cc(N(c2ccccc2)c2ccc4sc5ccccc5c4c2)ccc1-3. The van der Waals surface area contributed by atoms with Gasteiger partial charge < -0.3 is 14.4 Å². The zero-order chi connectivity index (χ0) is 94.4. The van der Waals surface area contributed by atoms with Crippen LogP contribution in [-0.2, 0) is 49.7 Å². The molecule has 0 bridgehead atoms. The first-order valence-corrected chi connectivity index (χ1v) is 51.0. The van der Waals surface area contributed by atoms with Crippen LogP contribution in [0.25, 0.3) is 146 Å². The summed E-state index contributed by atoms with van der Waals surface area (Å²) in [7, 11) is 0. The molecule has 0 fully saturated rings. The summed E-state index contributed by atoms with van der Waals surface area (Å²) < 4.78 is 7.71. The molecule has 0 saturated heterocycles. The van der Waals surface area contributed by atoms with E-state index >= 15 is 0 Å². The van der Waals surface area contributed by atoms with Crippen LogP contribution < -0.4 is 9.80 Å². The molecule has 0 spiro atoms. The van der Waals surface area contributed by atoms with Crippen molar-refractivity contribution in [1.82, 2.24) is 4.57 Å². The number of thiophene rings is 2. The molecule has 3 heterocycles. The first-order valence-electron chi connectivity index (χ1n) is 49.4. The molecule has 3 aromatic heterocycles. The van der Waals surface area contributed by atoms with Crippen molar-refractivity contribution in [2.45, 2.75) is 161 Å². The Hall–Kier alpha value is -14.2. The summed E-state index contributed by atoms with van der Waals surface area (Å²) in [6.45, 7) is 38.9. The van der Waals surface area contributed by atoms with Crippen LogP contribution >= 0.6 is 22.7 Å². The second-order valence-electron chi connectivity index (χ2n) is 43.8. The topological polar surface area (TPSA) is 11.4 Å². The van der Waals surface area contributed by atoms with E-state index in [1.807, 2.05) is 22.7 Å². The van der Waals surface area contributed by atoms with E-state index in [1.54, 1.807) is 0 Å². The lowest BCUT2D eigenvalue weighted by Gasteiger charge is -2.49. The molecule has 18 aromatic carbocycles. The standard InChI is InChI=1S/C45H39NS.C45H39N.C43H35NS/c1-43(2)38-27-30(46(28-14-8-7-9-15-28)29-21-25-40-35(26-29)32-16-11-13-19-39(32)47-40)20-22-31(38)33-23-24-37-41(42(33)43)34-17-10-12-18-36(34)44(3,4)45(37,5)6;1-43(2)38-27-29(28-19-22-30(23-20-28)46-39-17-11-8-13-32(39)33-14-9-12-18-40(33)46)21-24-31(38)34-25-26-37-41(42(34)43)35-15-7-10-16-36(35)44(3,4)45(37,5)6;1-42(2)38-16-10-8-14-33(38)35-22-21-32-31-20-18-29(24-27(31)25-37(32)41(35)43(42,3)4)44(28-12-6-5-7-13-28)30-19-23-40-36(26-30)34-15-9-11-17-39(34)45-40/h7-27H,1-6H3;7-27H,1-6H3;5-24,26H,25H2,1-4H3. The van der Waals surface area contributed by atoms with E-state index in [0.29, 0.717) is 0 Å². The van der Waals surface area contributed by atoms with Crippen LogP contribution in [0.15, 0.2) is 382 Å². The third kappa shape index (κ3) is 12.3. The molecule has 27 rings (SSSR count). The van der Waals surface area contributed by atoms with Gasteiger partial charge in [-0.25, -0.2) is 0 Å². The van der Waals surface area contributed by atoms with Crippen molar-refractivity contribution in [3.05, 3.63) is 449 Å². The van der Waals surface area contributed by atoms with Gasteiger partial charge in [-0.1, -0.05) is 366 Å². The van der Waals surface area contributed by atoms with Crippen LogP contribution in [0, 0.1) is 0 Å². The molecule has 6 aliphatic rings. The summed E-state index contributed by atoms with van der Waals surface area (Å²) in [4.78, 5) is 4.86. The molecule has 0 amide bonds. The Labute approximate surface area is 820 Å². The number of rotatable bonds is 8. The lowest BCUT2D eigenvalue weighted by Crippen LogP contribution is -2.44. The predicted molar refractivity (Wildman–Crippen MR) is 592 cm³/mol. The molecule has 0 radical (unpaired) electrons. The molecule has 138 heavy (non-hydrogen) atoms. The lowest BCUT2D eigenvalue weighted by atomic mass is 9.54. The smallest absolute Gasteiger partial charge is 0.0541 e. The van der Waals surface area contributed by atoms with Gasteiger partial charge in [-0.15, -0.1) is 22.7 Å². The molecule has 5 heteroatoms. The fourth-order valence-electron chi connectivity index (χ4n) is 25.6. The molecular formula is C133H113N3S2. The van der Waals surface area contributed by atoms with Gasteiger partial charge in [0.2, 0.25) is 0 Å². The molecule has 3 nitrogen and oxygen atoms in total. The van der Waals surface area contributed by atoms with Gasteiger partial charge in [0.05, 0.1) is 11.0 Å². The van der Waals surface area contributed by atoms with Crippen molar-refractivity contribution >= 4 is 119 Å². The minimum absolute atomic E-state index is 0.000152. The Balaban J connectivity index is 0.000000110. The predicted octanol–water partition coefficient (Wildman–Crippen LogP) is 37.4. The minimum Gasteiger partial charge on any atom is -0.310 e. The van der Waals surface area contributed by atoms with Crippen molar-refractivity contribution in [3.63, 3.8) is 0 Å². The average molecular weight is 1820 g/mol. The van der Waals surface area contributed by atoms with Crippen molar-refractivity contribution in [3.8, 4) is 83.6 Å². The number of anilines is 6. The summed E-state index contributed by atoms with van der Waals surface area (Å²) in [5.74, 6) is 0. The Morgan fingerprint density at radius 2 is 0.565 bits per heavy atom. The van der Waals surface area contributed by atoms with E-state index in [9.17, 15) is 0 Å². The van der Waals surface area contributed by atoms with E-state index in [2.05, 4.69) is 507 Å². The largest absolute Gasteiger partial charge is 0.310 e. The quantitative estimate of drug-likeness (QED) is 0.150. The first-order chi connectivity index (χ1) is 66.5. The maximum Gasteiger partial charge on any atom is 0.0541 e. The van der Waals surface area contributed by atoms with Gasteiger partial charge in [0, 0.05) is 102 Å². The van der Waals surface area contributed by atoms with Crippen molar-refractivity contribution in [1.29, 1.82) is 0 Å². The van der Waals surface area contributed by atoms with E-state index in [1.165, 1.54) is 241 Å². The minimum atomic E-state index is -0.174. The van der Waals surface area contributed by atoms with E-state index in [-0.39, 0.29) is 43.3 Å². The van der Waals surface area contributed by atoms with Crippen molar-refractivity contribution in [2.24, 2.45) is 0 Å². The number of para-hydroxylation sites is 4. The van der Waals surface area contributed by atoms with Crippen LogP contribution in [0.5, 0.6) is 0 Å². The third-order valence-electron chi connectivity index (χ3n) is 34.8. The second-order valence-corrected chi connectivity index (χ2v) is 46.0. The Kier molecular flexibility index (Phi) is 19.0. The Morgan fingerprint density at radius 1 is 0.217 bits per heavy atom. The number of hydrogen-bond acceptors (Lipinski definition) is 4. The van der Waals surface area contributed by atoms with Crippen LogP contribution in [0.2, 0.25) is 0 Å². The maximum absolute atomic E-state index is 2.47. The molecule has 6 aliphatic carbocycles. The normalized spacial score (nSPS) is 16.1. The molecule has 0 unspecified atom stereocenters. The third-order valence-corrected chi connectivity index (χ3v) is 37.1. The highest BCUT2D eigenvalue weighted by atomic mass is 32.1. The molecular weight excluding hydrogens is 1700 g/mol. The summed E-state index contributed by atoms with van der Waals surface area (Å²) in [6.07, 6.45) is 0.959. The van der Waals surface area contributed by atoms with Gasteiger partial charge in [-0.2, -0.15) is 0 Å². The monoisotopic (exact) mass is 1820 g/mol. The summed E-state index contributed by atoms with van der Waals surface area (Å²) in [5, 5.41) is 7.87. The van der Waals surface area contributed by atoms with Crippen LogP contribution in [0.3, 0.4) is 0 Å². The van der Waals surface area contributed by atoms with Gasteiger partial charge in [0.25, 0.3) is 0 Å². The van der Waals surface area contributed by atoms with Gasteiger partial charge >= 0.3 is 0 Å². The highest BCUT2D eigenvalue weighted by molar-refractivity contribution is 7.26. The van der Waals surface area contributed by atoms with Crippen molar-refractivity contribution < 1.29 is 0 Å². The molecule has 672 valence electrons. The highest BCUT2D eigenvalue weighted by Crippen LogP contribution is 2.65. The van der Waals surface area contributed by atoms with Gasteiger partial charge in [-0.3, -0.25) is 0 Å². The number of hydrogen-bond donors (Lipinski definition) is 0. The number of nitrogens with zero attached hydrogens (tertiary/aromatic N) is 3. The lowest BCUT2D eigenvalue weighted by molar-refractivity contribution is 0.297. The molecule has 0 saturated carbocycles. The fraction of sp³-hybridized carbons (Fsp3) is 0.188. The fourth-order valence-corrected chi connectivity index (χ4v) is 27.7. The maximum atomic E-state index is 2.47. The zero-order valence-electron chi connectivity index (χ0n) is 81.7. The van der Waals surface area contributed by atoms with Crippen molar-refractivity contribution in [2.75, 3.05) is 9.80 Å². The van der Waals surface area contributed by atoms with Crippen LogP contribution in [-0.4, -0.2) is 4.57 Å².